The molecule has 5 heteroatoms. The van der Waals surface area contributed by atoms with Crippen LogP contribution in [0.3, 0.4) is 0 Å². The average molecular weight is 406 g/mol. The zero-order valence-corrected chi connectivity index (χ0v) is 17.9. The second-order valence-corrected chi connectivity index (χ2v) is 8.41. The molecule has 4 rings (SSSR count). The number of carbonyl (C=O) groups is 1. The number of nitrogens with one attached hydrogen (secondary N) is 1. The smallest absolute Gasteiger partial charge is 0.234 e. The van der Waals surface area contributed by atoms with Gasteiger partial charge in [-0.1, -0.05) is 55.1 Å². The van der Waals surface area contributed by atoms with E-state index in [1.165, 1.54) is 41.6 Å². The number of hydrogen-bond donors (Lipinski definition) is 1. The van der Waals surface area contributed by atoms with Crippen LogP contribution in [0.5, 0.6) is 0 Å². The lowest BCUT2D eigenvalue weighted by Crippen LogP contribution is -2.16. The Hall–Kier alpha value is -2.53. The van der Waals surface area contributed by atoms with Gasteiger partial charge in [0.25, 0.3) is 0 Å². The molecule has 1 aliphatic rings. The standard InChI is InChI=1S/C24H27N3OS/c1-3-18-11-9-10-17(2)23(18)26-22(28)16-29-24-25-20-14-7-8-15-21(20)27(24)19-12-5-4-6-13-19/h4-6,9-13H,3,7-8,14-16H2,1-2H3,(H,26,28). The largest absolute Gasteiger partial charge is 0.325 e. The third-order valence-electron chi connectivity index (χ3n) is 5.45. The number of anilines is 1. The highest BCUT2D eigenvalue weighted by Gasteiger charge is 2.22. The second-order valence-electron chi connectivity index (χ2n) is 7.47. The first-order valence-corrected chi connectivity index (χ1v) is 11.3. The highest BCUT2D eigenvalue weighted by molar-refractivity contribution is 7.99. The van der Waals surface area contributed by atoms with Gasteiger partial charge < -0.3 is 5.32 Å². The van der Waals surface area contributed by atoms with Crippen molar-refractivity contribution in [2.45, 2.75) is 51.1 Å². The van der Waals surface area contributed by atoms with E-state index in [-0.39, 0.29) is 5.91 Å². The minimum atomic E-state index is 0.0135. The van der Waals surface area contributed by atoms with Gasteiger partial charge in [-0.2, -0.15) is 0 Å². The van der Waals surface area contributed by atoms with Crippen molar-refractivity contribution in [3.63, 3.8) is 0 Å². The molecule has 0 saturated heterocycles. The highest BCUT2D eigenvalue weighted by Crippen LogP contribution is 2.31. The Morgan fingerprint density at radius 2 is 1.90 bits per heavy atom. The summed E-state index contributed by atoms with van der Waals surface area (Å²) < 4.78 is 2.25. The van der Waals surface area contributed by atoms with E-state index in [0.717, 1.165) is 41.4 Å². The Balaban J connectivity index is 1.55. The predicted molar refractivity (Wildman–Crippen MR) is 120 cm³/mol. The Morgan fingerprint density at radius 3 is 2.69 bits per heavy atom. The molecule has 1 aromatic heterocycles. The predicted octanol–water partition coefficient (Wildman–Crippen LogP) is 5.35. The Morgan fingerprint density at radius 1 is 1.10 bits per heavy atom. The molecule has 0 aliphatic heterocycles. The molecule has 4 nitrogen and oxygen atoms in total. The monoisotopic (exact) mass is 405 g/mol. The van der Waals surface area contributed by atoms with Gasteiger partial charge in [0.1, 0.15) is 0 Å². The fourth-order valence-corrected chi connectivity index (χ4v) is 4.82. The third-order valence-corrected chi connectivity index (χ3v) is 6.39. The molecule has 0 unspecified atom stereocenters. The van der Waals surface area contributed by atoms with Crippen LogP contribution in [0.1, 0.15) is 42.3 Å². The van der Waals surface area contributed by atoms with Gasteiger partial charge in [-0.25, -0.2) is 4.98 Å². The van der Waals surface area contributed by atoms with Crippen LogP contribution in [0.15, 0.2) is 53.7 Å². The van der Waals surface area contributed by atoms with Crippen molar-refractivity contribution in [3.05, 3.63) is 71.0 Å². The zero-order valence-electron chi connectivity index (χ0n) is 17.1. The van der Waals surface area contributed by atoms with Crippen LogP contribution < -0.4 is 5.32 Å². The maximum atomic E-state index is 12.7. The van der Waals surface area contributed by atoms with Gasteiger partial charge in [0.05, 0.1) is 11.4 Å². The van der Waals surface area contributed by atoms with Crippen LogP contribution in [0.2, 0.25) is 0 Å². The number of benzene rings is 2. The summed E-state index contributed by atoms with van der Waals surface area (Å²) in [7, 11) is 0. The fourth-order valence-electron chi connectivity index (χ4n) is 3.96. The summed E-state index contributed by atoms with van der Waals surface area (Å²) in [6, 6.07) is 16.5. The summed E-state index contributed by atoms with van der Waals surface area (Å²) >= 11 is 1.52. The van der Waals surface area contributed by atoms with Crippen LogP contribution in [-0.4, -0.2) is 21.2 Å². The number of fused-ring (bicyclic) bond motifs is 1. The molecule has 0 spiro atoms. The molecular weight excluding hydrogens is 378 g/mol. The Bertz CT molecular complexity index is 1010. The lowest BCUT2D eigenvalue weighted by molar-refractivity contribution is -0.113. The number of carbonyl (C=O) groups excluding carboxylic acids is 1. The molecule has 1 aliphatic carbocycles. The fraction of sp³-hybridized carbons (Fsp3) is 0.333. The molecule has 1 N–H and O–H groups in total. The van der Waals surface area contributed by atoms with E-state index in [9.17, 15) is 4.79 Å². The van der Waals surface area contributed by atoms with E-state index >= 15 is 0 Å². The molecule has 0 saturated carbocycles. The minimum absolute atomic E-state index is 0.0135. The summed E-state index contributed by atoms with van der Waals surface area (Å²) in [6.07, 6.45) is 5.36. The SMILES string of the molecule is CCc1cccc(C)c1NC(=O)CSc1nc2c(n1-c1ccccc1)CCCC2. The molecule has 0 radical (unpaired) electrons. The van der Waals surface area contributed by atoms with E-state index in [1.54, 1.807) is 0 Å². The number of imidazole rings is 1. The number of aromatic nitrogens is 2. The number of rotatable bonds is 6. The number of hydrogen-bond acceptors (Lipinski definition) is 3. The van der Waals surface area contributed by atoms with Gasteiger partial charge in [0.15, 0.2) is 5.16 Å². The van der Waals surface area contributed by atoms with Crippen molar-refractivity contribution in [2.24, 2.45) is 0 Å². The first-order valence-electron chi connectivity index (χ1n) is 10.3. The van der Waals surface area contributed by atoms with Crippen molar-refractivity contribution < 1.29 is 4.79 Å². The normalized spacial score (nSPS) is 13.2. The molecule has 0 fully saturated rings. The van der Waals surface area contributed by atoms with Gasteiger partial charge in [0, 0.05) is 17.1 Å². The molecule has 150 valence electrons. The first kappa shape index (κ1) is 19.8. The van der Waals surface area contributed by atoms with E-state index < -0.39 is 0 Å². The molecule has 1 heterocycles. The average Bonchev–Trinajstić information content (AvgIpc) is 3.12. The molecule has 0 atom stereocenters. The van der Waals surface area contributed by atoms with Gasteiger partial charge in [-0.05, 0) is 62.3 Å². The summed E-state index contributed by atoms with van der Waals surface area (Å²) in [5.41, 5.74) is 6.84. The van der Waals surface area contributed by atoms with Crippen molar-refractivity contribution in [1.82, 2.24) is 9.55 Å². The van der Waals surface area contributed by atoms with Crippen molar-refractivity contribution in [2.75, 3.05) is 11.1 Å². The van der Waals surface area contributed by atoms with Crippen molar-refractivity contribution in [1.29, 1.82) is 0 Å². The van der Waals surface area contributed by atoms with Crippen LogP contribution in [0.4, 0.5) is 5.69 Å². The molecule has 1 amide bonds. The lowest BCUT2D eigenvalue weighted by Gasteiger charge is -2.15. The summed E-state index contributed by atoms with van der Waals surface area (Å²) in [4.78, 5) is 17.6. The minimum Gasteiger partial charge on any atom is -0.325 e. The quantitative estimate of drug-likeness (QED) is 0.562. The van der Waals surface area contributed by atoms with Crippen LogP contribution in [0.25, 0.3) is 5.69 Å². The van der Waals surface area contributed by atoms with Gasteiger partial charge >= 0.3 is 0 Å². The molecule has 29 heavy (non-hydrogen) atoms. The maximum absolute atomic E-state index is 12.7. The van der Waals surface area contributed by atoms with E-state index in [1.807, 2.05) is 25.1 Å². The van der Waals surface area contributed by atoms with Crippen LogP contribution in [-0.2, 0) is 24.1 Å². The Kier molecular flexibility index (Phi) is 6.05. The molecule has 0 bridgehead atoms. The van der Waals surface area contributed by atoms with Gasteiger partial charge in [0.2, 0.25) is 5.91 Å². The van der Waals surface area contributed by atoms with Crippen molar-refractivity contribution >= 4 is 23.4 Å². The third kappa shape index (κ3) is 4.25. The molecular formula is C24H27N3OS. The second kappa shape index (κ2) is 8.87. The first-order chi connectivity index (χ1) is 14.2. The van der Waals surface area contributed by atoms with Crippen LogP contribution >= 0.6 is 11.8 Å². The molecule has 2 aromatic carbocycles. The summed E-state index contributed by atoms with van der Waals surface area (Å²) in [5.74, 6) is 0.361. The zero-order chi connectivity index (χ0) is 20.2. The highest BCUT2D eigenvalue weighted by atomic mass is 32.2. The number of para-hydroxylation sites is 2. The number of amides is 1. The number of thioether (sulfide) groups is 1. The Labute approximate surface area is 176 Å². The van der Waals surface area contributed by atoms with Crippen LogP contribution in [0, 0.1) is 6.92 Å². The summed E-state index contributed by atoms with van der Waals surface area (Å²) in [5, 5.41) is 4.04. The number of aryl methyl sites for hydroxylation is 3. The number of nitrogens with zero attached hydrogens (tertiary/aromatic N) is 2. The van der Waals surface area contributed by atoms with Crippen molar-refractivity contribution in [3.8, 4) is 5.69 Å². The summed E-state index contributed by atoms with van der Waals surface area (Å²) in [6.45, 7) is 4.15. The van der Waals surface area contributed by atoms with Gasteiger partial charge in [-0.15, -0.1) is 0 Å². The maximum Gasteiger partial charge on any atom is 0.234 e. The molecule has 3 aromatic rings. The topological polar surface area (TPSA) is 46.9 Å². The van der Waals surface area contributed by atoms with E-state index in [2.05, 4.69) is 47.1 Å². The van der Waals surface area contributed by atoms with E-state index in [0.29, 0.717) is 5.75 Å². The van der Waals surface area contributed by atoms with Gasteiger partial charge in [-0.3, -0.25) is 9.36 Å². The van der Waals surface area contributed by atoms with E-state index in [4.69, 9.17) is 4.98 Å². The lowest BCUT2D eigenvalue weighted by atomic mass is 10.0.